The fraction of sp³-hybridized carbons (Fsp3) is 0.0625. The van der Waals surface area contributed by atoms with Crippen LogP contribution in [0, 0.1) is 5.82 Å². The maximum absolute atomic E-state index is 13.2. The van der Waals surface area contributed by atoms with Crippen LogP contribution in [0.15, 0.2) is 57.4 Å². The Morgan fingerprint density at radius 1 is 1.14 bits per heavy atom. The van der Waals surface area contributed by atoms with E-state index < -0.39 is 15.7 Å². The molecule has 0 aliphatic carbocycles. The minimum Gasteiger partial charge on any atom is -0.289 e. The first-order valence-electron chi connectivity index (χ1n) is 6.40. The summed E-state index contributed by atoms with van der Waals surface area (Å²) in [6, 6.07) is 10.4. The topological polar surface area (TPSA) is 51.2 Å². The molecule has 0 N–H and O–H groups in total. The smallest absolute Gasteiger partial charge is 0.191 e. The van der Waals surface area contributed by atoms with Gasteiger partial charge >= 0.3 is 0 Å². The van der Waals surface area contributed by atoms with Crippen molar-refractivity contribution in [2.75, 3.05) is 5.75 Å². The molecule has 0 saturated heterocycles. The fourth-order valence-corrected chi connectivity index (χ4v) is 4.31. The van der Waals surface area contributed by atoms with Crippen LogP contribution in [0.25, 0.3) is 6.08 Å². The first-order valence-corrected chi connectivity index (χ1v) is 8.85. The first-order chi connectivity index (χ1) is 10.4. The van der Waals surface area contributed by atoms with Crippen molar-refractivity contribution in [1.29, 1.82) is 0 Å². The van der Waals surface area contributed by atoms with Gasteiger partial charge in [0, 0.05) is 11.1 Å². The Balaban J connectivity index is 2.12. The monoisotopic (exact) mass is 380 g/mol. The van der Waals surface area contributed by atoms with Gasteiger partial charge in [0.1, 0.15) is 5.82 Å². The summed E-state index contributed by atoms with van der Waals surface area (Å²) < 4.78 is 38.1. The standard InChI is InChI=1S/C16H10BrFO3S/c17-13-8-10(5-6-14(13)18)7-11-9-22(20,21)15-4-2-1-3-12(15)16(11)19/h1-8H,9H2/b11-7-. The number of ketones is 1. The quantitative estimate of drug-likeness (QED) is 0.709. The minimum atomic E-state index is -3.54. The molecule has 2 aromatic rings. The molecule has 0 amide bonds. The third-order valence-corrected chi connectivity index (χ3v) is 5.71. The number of sulfone groups is 1. The molecule has 0 unspecified atom stereocenters. The van der Waals surface area contributed by atoms with Crippen LogP contribution >= 0.6 is 15.9 Å². The van der Waals surface area contributed by atoms with E-state index in [2.05, 4.69) is 15.9 Å². The van der Waals surface area contributed by atoms with E-state index in [1.54, 1.807) is 12.1 Å². The van der Waals surface area contributed by atoms with Gasteiger partial charge in [-0.1, -0.05) is 18.2 Å². The van der Waals surface area contributed by atoms with Crippen LogP contribution in [0.1, 0.15) is 15.9 Å². The molecule has 0 aromatic heterocycles. The molecule has 2 aromatic carbocycles. The number of carbonyl (C=O) groups excluding carboxylic acids is 1. The average molecular weight is 381 g/mol. The van der Waals surface area contributed by atoms with E-state index in [4.69, 9.17) is 0 Å². The van der Waals surface area contributed by atoms with Crippen molar-refractivity contribution in [3.05, 3.63) is 69.5 Å². The number of hydrogen-bond donors (Lipinski definition) is 0. The van der Waals surface area contributed by atoms with E-state index in [1.165, 1.54) is 36.4 Å². The fourth-order valence-electron chi connectivity index (χ4n) is 2.36. The summed E-state index contributed by atoms with van der Waals surface area (Å²) in [5.74, 6) is -1.08. The molecule has 1 aliphatic heterocycles. The minimum absolute atomic E-state index is 0.0671. The van der Waals surface area contributed by atoms with Crippen molar-refractivity contribution in [2.24, 2.45) is 0 Å². The van der Waals surface area contributed by atoms with Crippen molar-refractivity contribution in [1.82, 2.24) is 0 Å². The lowest BCUT2D eigenvalue weighted by atomic mass is 10.0. The van der Waals surface area contributed by atoms with Crippen molar-refractivity contribution in [3.8, 4) is 0 Å². The summed E-state index contributed by atoms with van der Waals surface area (Å²) in [5.41, 5.74) is 0.921. The summed E-state index contributed by atoms with van der Waals surface area (Å²) in [6.07, 6.45) is 1.49. The third kappa shape index (κ3) is 2.64. The van der Waals surface area contributed by atoms with Crippen molar-refractivity contribution >= 4 is 37.6 Å². The van der Waals surface area contributed by atoms with Gasteiger partial charge in [-0.25, -0.2) is 12.8 Å². The van der Waals surface area contributed by atoms with Crippen LogP contribution in [-0.4, -0.2) is 20.0 Å². The van der Waals surface area contributed by atoms with Crippen molar-refractivity contribution in [2.45, 2.75) is 4.90 Å². The highest BCUT2D eigenvalue weighted by atomic mass is 79.9. The molecule has 3 rings (SSSR count). The van der Waals surface area contributed by atoms with Gasteiger partial charge in [-0.05, 0) is 51.8 Å². The predicted octanol–water partition coefficient (Wildman–Crippen LogP) is 3.64. The molecule has 1 aliphatic rings. The Labute approximate surface area is 135 Å². The molecule has 3 nitrogen and oxygen atoms in total. The highest BCUT2D eigenvalue weighted by molar-refractivity contribution is 9.10. The number of Topliss-reactive ketones (excluding diaryl/α,β-unsaturated/α-hetero) is 1. The van der Waals surface area contributed by atoms with Gasteiger partial charge in [-0.15, -0.1) is 0 Å². The summed E-state index contributed by atoms with van der Waals surface area (Å²) >= 11 is 3.07. The first kappa shape index (κ1) is 15.1. The molecular weight excluding hydrogens is 371 g/mol. The molecule has 112 valence electrons. The SMILES string of the molecule is O=C1/C(=C\c2ccc(F)c(Br)c2)CS(=O)(=O)c2ccccc21. The van der Waals surface area contributed by atoms with Crippen LogP contribution in [-0.2, 0) is 9.84 Å². The van der Waals surface area contributed by atoms with E-state index in [1.807, 2.05) is 0 Å². The molecule has 0 radical (unpaired) electrons. The Kier molecular flexibility index (Phi) is 3.74. The third-order valence-electron chi connectivity index (χ3n) is 3.39. The molecule has 0 fully saturated rings. The second-order valence-electron chi connectivity index (χ2n) is 4.93. The van der Waals surface area contributed by atoms with Gasteiger partial charge in [-0.3, -0.25) is 4.79 Å². The summed E-state index contributed by atoms with van der Waals surface area (Å²) in [6.45, 7) is 0. The highest BCUT2D eigenvalue weighted by Gasteiger charge is 2.32. The van der Waals surface area contributed by atoms with E-state index in [0.29, 0.717) is 5.56 Å². The van der Waals surface area contributed by atoms with Crippen LogP contribution in [0.4, 0.5) is 4.39 Å². The Morgan fingerprint density at radius 2 is 1.86 bits per heavy atom. The van der Waals surface area contributed by atoms with Crippen LogP contribution < -0.4 is 0 Å². The van der Waals surface area contributed by atoms with Crippen molar-refractivity contribution < 1.29 is 17.6 Å². The number of fused-ring (bicyclic) bond motifs is 1. The van der Waals surface area contributed by atoms with E-state index >= 15 is 0 Å². The maximum Gasteiger partial charge on any atom is 0.191 e. The van der Waals surface area contributed by atoms with Crippen molar-refractivity contribution in [3.63, 3.8) is 0 Å². The zero-order chi connectivity index (χ0) is 15.9. The predicted molar refractivity (Wildman–Crippen MR) is 84.9 cm³/mol. The zero-order valence-electron chi connectivity index (χ0n) is 11.2. The summed E-state index contributed by atoms with van der Waals surface area (Å²) in [7, 11) is -3.54. The maximum atomic E-state index is 13.2. The number of rotatable bonds is 1. The molecular formula is C16H10BrFO3S. The van der Waals surface area contributed by atoms with E-state index in [9.17, 15) is 17.6 Å². The number of carbonyl (C=O) groups is 1. The molecule has 0 atom stereocenters. The second-order valence-corrected chi connectivity index (χ2v) is 7.74. The second kappa shape index (κ2) is 5.44. The number of benzene rings is 2. The highest BCUT2D eigenvalue weighted by Crippen LogP contribution is 2.29. The average Bonchev–Trinajstić information content (AvgIpc) is 2.48. The molecule has 0 saturated carbocycles. The summed E-state index contributed by atoms with van der Waals surface area (Å²) in [5, 5.41) is 0. The normalized spacial score (nSPS) is 18.3. The van der Waals surface area contributed by atoms with Gasteiger partial charge in [0.25, 0.3) is 0 Å². The molecule has 1 heterocycles. The lowest BCUT2D eigenvalue weighted by molar-refractivity contribution is 0.103. The lowest BCUT2D eigenvalue weighted by Crippen LogP contribution is -2.24. The molecule has 22 heavy (non-hydrogen) atoms. The molecule has 6 heteroatoms. The Bertz CT molecular complexity index is 917. The summed E-state index contributed by atoms with van der Waals surface area (Å²) in [4.78, 5) is 12.5. The number of halogens is 2. The van der Waals surface area contributed by atoms with Crippen LogP contribution in [0.5, 0.6) is 0 Å². The van der Waals surface area contributed by atoms with Crippen LogP contribution in [0.2, 0.25) is 0 Å². The van der Waals surface area contributed by atoms with E-state index in [0.717, 1.165) is 0 Å². The zero-order valence-corrected chi connectivity index (χ0v) is 13.6. The van der Waals surface area contributed by atoms with Gasteiger partial charge in [0.2, 0.25) is 0 Å². The molecule has 0 bridgehead atoms. The molecule has 0 spiro atoms. The van der Waals surface area contributed by atoms with Gasteiger partial charge < -0.3 is 0 Å². The number of hydrogen-bond acceptors (Lipinski definition) is 3. The largest absolute Gasteiger partial charge is 0.289 e. The Hall–Kier alpha value is -1.79. The van der Waals surface area contributed by atoms with Crippen LogP contribution in [0.3, 0.4) is 0 Å². The van der Waals surface area contributed by atoms with Gasteiger partial charge in [0.15, 0.2) is 15.6 Å². The lowest BCUT2D eigenvalue weighted by Gasteiger charge is -2.17. The Morgan fingerprint density at radius 3 is 2.59 bits per heavy atom. The van der Waals surface area contributed by atoms with Gasteiger partial charge in [0.05, 0.1) is 15.1 Å². The van der Waals surface area contributed by atoms with Gasteiger partial charge in [-0.2, -0.15) is 0 Å². The van der Waals surface area contributed by atoms with E-state index in [-0.39, 0.29) is 32.0 Å².